The number of nitrogens with zero attached hydrogens (tertiary/aromatic N) is 2. The molecular weight excluding hydrogens is 230 g/mol. The average Bonchev–Trinajstić information content (AvgIpc) is 2.38. The molecule has 0 aromatic rings. The summed E-state index contributed by atoms with van der Waals surface area (Å²) in [4.78, 5) is 14.9. The van der Waals surface area contributed by atoms with Crippen LogP contribution in [0.4, 0.5) is 4.79 Å². The highest BCUT2D eigenvalue weighted by Crippen LogP contribution is 2.18. The Morgan fingerprint density at radius 1 is 1.33 bits per heavy atom. The molecular formula is C13H25N3O2. The number of piperazine rings is 1. The Labute approximate surface area is 109 Å². The van der Waals surface area contributed by atoms with Crippen molar-refractivity contribution in [3.8, 4) is 0 Å². The first-order valence-corrected chi connectivity index (χ1v) is 7.09. The summed E-state index contributed by atoms with van der Waals surface area (Å²) in [6.45, 7) is 7.78. The number of hydrogen-bond acceptors (Lipinski definition) is 3. The van der Waals surface area contributed by atoms with Crippen LogP contribution in [0.5, 0.6) is 0 Å². The summed E-state index contributed by atoms with van der Waals surface area (Å²) in [7, 11) is 0. The second kappa shape index (κ2) is 6.38. The molecule has 0 spiro atoms. The van der Waals surface area contributed by atoms with E-state index in [0.29, 0.717) is 19.1 Å². The quantitative estimate of drug-likeness (QED) is 0.792. The highest BCUT2D eigenvalue weighted by molar-refractivity contribution is 5.65. The smallest absolute Gasteiger partial charge is 0.407 e. The molecule has 0 bridgehead atoms. The van der Waals surface area contributed by atoms with E-state index in [1.165, 1.54) is 24.2 Å². The molecule has 5 nitrogen and oxygen atoms in total. The van der Waals surface area contributed by atoms with Crippen LogP contribution < -0.4 is 5.32 Å². The van der Waals surface area contributed by atoms with E-state index in [0.717, 1.165) is 32.1 Å². The summed E-state index contributed by atoms with van der Waals surface area (Å²) in [5.74, 6) is 0.857. The Balaban J connectivity index is 1.71. The molecule has 1 atom stereocenters. The second-order valence-electron chi connectivity index (χ2n) is 5.60. The van der Waals surface area contributed by atoms with Gasteiger partial charge >= 0.3 is 6.09 Å². The van der Waals surface area contributed by atoms with Crippen molar-refractivity contribution >= 4 is 6.09 Å². The number of rotatable bonds is 3. The molecule has 104 valence electrons. The first kappa shape index (κ1) is 13.6. The highest BCUT2D eigenvalue weighted by Gasteiger charge is 2.26. The molecule has 2 heterocycles. The van der Waals surface area contributed by atoms with Gasteiger partial charge in [0.05, 0.1) is 0 Å². The molecule has 0 aromatic carbocycles. The zero-order valence-electron chi connectivity index (χ0n) is 11.3. The third kappa shape index (κ3) is 3.59. The van der Waals surface area contributed by atoms with Crippen LogP contribution >= 0.6 is 0 Å². The third-order valence-electron chi connectivity index (χ3n) is 4.32. The van der Waals surface area contributed by atoms with E-state index >= 15 is 0 Å². The van der Waals surface area contributed by atoms with Gasteiger partial charge in [-0.25, -0.2) is 4.79 Å². The first-order chi connectivity index (χ1) is 8.66. The standard InChI is InChI=1S/C13H25N3O2/c1-11-10-16(13(17)18)9-8-15(11)7-4-12-2-5-14-6-3-12/h11-12,14H,2-10H2,1H3,(H,17,18)/t11-/m0/s1. The minimum atomic E-state index is -0.778. The van der Waals surface area contributed by atoms with Crippen LogP contribution in [0.2, 0.25) is 0 Å². The van der Waals surface area contributed by atoms with Gasteiger partial charge in [-0.3, -0.25) is 4.90 Å². The topological polar surface area (TPSA) is 55.8 Å². The maximum Gasteiger partial charge on any atom is 0.407 e. The molecule has 0 saturated carbocycles. The van der Waals surface area contributed by atoms with Crippen LogP contribution in [0.3, 0.4) is 0 Å². The fraction of sp³-hybridized carbons (Fsp3) is 0.923. The number of piperidine rings is 1. The molecule has 0 aliphatic carbocycles. The van der Waals surface area contributed by atoms with Crippen LogP contribution in [-0.4, -0.2) is 66.3 Å². The fourth-order valence-corrected chi connectivity index (χ4v) is 3.02. The van der Waals surface area contributed by atoms with Crippen molar-refractivity contribution < 1.29 is 9.90 Å². The third-order valence-corrected chi connectivity index (χ3v) is 4.32. The molecule has 2 N–H and O–H groups in total. The van der Waals surface area contributed by atoms with E-state index in [2.05, 4.69) is 17.1 Å². The summed E-state index contributed by atoms with van der Waals surface area (Å²) < 4.78 is 0. The maximum atomic E-state index is 10.9. The van der Waals surface area contributed by atoms with Crippen LogP contribution in [0.25, 0.3) is 0 Å². The Hall–Kier alpha value is -0.810. The second-order valence-corrected chi connectivity index (χ2v) is 5.60. The van der Waals surface area contributed by atoms with Crippen molar-refractivity contribution in [2.45, 2.75) is 32.2 Å². The number of carbonyl (C=O) groups is 1. The van der Waals surface area contributed by atoms with Crippen molar-refractivity contribution in [2.24, 2.45) is 5.92 Å². The van der Waals surface area contributed by atoms with Crippen molar-refractivity contribution in [3.05, 3.63) is 0 Å². The Morgan fingerprint density at radius 2 is 2.06 bits per heavy atom. The van der Waals surface area contributed by atoms with E-state index in [1.807, 2.05) is 0 Å². The predicted octanol–water partition coefficient (Wildman–Crippen LogP) is 1.06. The summed E-state index contributed by atoms with van der Waals surface area (Å²) >= 11 is 0. The average molecular weight is 255 g/mol. The van der Waals surface area contributed by atoms with E-state index in [4.69, 9.17) is 5.11 Å². The Bertz CT molecular complexity index is 279. The van der Waals surface area contributed by atoms with Gasteiger partial charge < -0.3 is 15.3 Å². The van der Waals surface area contributed by atoms with Crippen molar-refractivity contribution in [3.63, 3.8) is 0 Å². The lowest BCUT2D eigenvalue weighted by Gasteiger charge is -2.39. The molecule has 2 aliphatic rings. The Morgan fingerprint density at radius 3 is 2.67 bits per heavy atom. The Kier molecular flexibility index (Phi) is 4.83. The van der Waals surface area contributed by atoms with Crippen molar-refractivity contribution in [1.82, 2.24) is 15.1 Å². The van der Waals surface area contributed by atoms with E-state index in [9.17, 15) is 4.79 Å². The number of nitrogens with one attached hydrogen (secondary N) is 1. The zero-order chi connectivity index (χ0) is 13.0. The van der Waals surface area contributed by atoms with E-state index < -0.39 is 6.09 Å². The van der Waals surface area contributed by atoms with Gasteiger partial charge in [0.25, 0.3) is 0 Å². The minimum absolute atomic E-state index is 0.358. The normalized spacial score (nSPS) is 27.4. The van der Waals surface area contributed by atoms with Gasteiger partial charge in [-0.2, -0.15) is 0 Å². The van der Waals surface area contributed by atoms with Gasteiger partial charge in [0.2, 0.25) is 0 Å². The lowest BCUT2D eigenvalue weighted by atomic mass is 9.94. The van der Waals surface area contributed by atoms with Crippen LogP contribution in [0.1, 0.15) is 26.2 Å². The van der Waals surface area contributed by atoms with Crippen LogP contribution in [0, 0.1) is 5.92 Å². The largest absolute Gasteiger partial charge is 0.465 e. The minimum Gasteiger partial charge on any atom is -0.465 e. The van der Waals surface area contributed by atoms with Crippen molar-refractivity contribution in [1.29, 1.82) is 0 Å². The van der Waals surface area contributed by atoms with Gasteiger partial charge in [0.1, 0.15) is 0 Å². The summed E-state index contributed by atoms with van der Waals surface area (Å²) in [6, 6.07) is 0.358. The summed E-state index contributed by atoms with van der Waals surface area (Å²) in [5.41, 5.74) is 0. The van der Waals surface area contributed by atoms with Gasteiger partial charge in [-0.15, -0.1) is 0 Å². The number of hydrogen-bond donors (Lipinski definition) is 2. The first-order valence-electron chi connectivity index (χ1n) is 7.09. The molecule has 2 fully saturated rings. The summed E-state index contributed by atoms with van der Waals surface area (Å²) in [5, 5.41) is 12.4. The van der Waals surface area contributed by atoms with Crippen molar-refractivity contribution in [2.75, 3.05) is 39.3 Å². The number of carboxylic acid groups (broad SMARTS) is 1. The van der Waals surface area contributed by atoms with E-state index in [1.54, 1.807) is 0 Å². The van der Waals surface area contributed by atoms with Gasteiger partial charge in [-0.1, -0.05) is 0 Å². The number of amides is 1. The molecule has 2 aliphatic heterocycles. The summed E-state index contributed by atoms with van der Waals surface area (Å²) in [6.07, 6.45) is 3.08. The molecule has 0 unspecified atom stereocenters. The van der Waals surface area contributed by atoms with Gasteiger partial charge in [0.15, 0.2) is 0 Å². The molecule has 5 heteroatoms. The van der Waals surface area contributed by atoms with E-state index in [-0.39, 0.29) is 0 Å². The predicted molar refractivity (Wildman–Crippen MR) is 70.8 cm³/mol. The lowest BCUT2D eigenvalue weighted by molar-refractivity contribution is 0.0709. The SMILES string of the molecule is C[C@H]1CN(C(=O)O)CCN1CCC1CCNCC1. The molecule has 0 radical (unpaired) electrons. The maximum absolute atomic E-state index is 10.9. The zero-order valence-corrected chi connectivity index (χ0v) is 11.3. The van der Waals surface area contributed by atoms with Gasteiger partial charge in [-0.05, 0) is 51.7 Å². The lowest BCUT2D eigenvalue weighted by Crippen LogP contribution is -2.53. The fourth-order valence-electron chi connectivity index (χ4n) is 3.02. The molecule has 1 amide bonds. The monoisotopic (exact) mass is 255 g/mol. The highest BCUT2D eigenvalue weighted by atomic mass is 16.4. The molecule has 2 saturated heterocycles. The van der Waals surface area contributed by atoms with Gasteiger partial charge in [0, 0.05) is 25.7 Å². The molecule has 18 heavy (non-hydrogen) atoms. The van der Waals surface area contributed by atoms with Crippen LogP contribution in [-0.2, 0) is 0 Å². The molecule has 2 rings (SSSR count). The van der Waals surface area contributed by atoms with Crippen LogP contribution in [0.15, 0.2) is 0 Å². The molecule has 0 aromatic heterocycles.